The van der Waals surface area contributed by atoms with E-state index in [1.165, 1.54) is 0 Å². The van der Waals surface area contributed by atoms with Gasteiger partial charge in [0.05, 0.1) is 17.4 Å². The fourth-order valence-corrected chi connectivity index (χ4v) is 3.41. The summed E-state index contributed by atoms with van der Waals surface area (Å²) in [6.07, 6.45) is 6.82. The van der Waals surface area contributed by atoms with Gasteiger partial charge in [0.15, 0.2) is 0 Å². The summed E-state index contributed by atoms with van der Waals surface area (Å²) in [4.78, 5) is 25.6. The molecule has 1 saturated heterocycles. The number of piperidine rings is 1. The molecule has 1 aliphatic rings. The van der Waals surface area contributed by atoms with Crippen molar-refractivity contribution in [3.63, 3.8) is 0 Å². The van der Waals surface area contributed by atoms with Gasteiger partial charge in [-0.15, -0.1) is 0 Å². The second-order valence-corrected chi connectivity index (χ2v) is 6.54. The molecule has 0 radical (unpaired) electrons. The third kappa shape index (κ3) is 3.90. The Morgan fingerprint density at radius 3 is 2.84 bits per heavy atom. The number of para-hydroxylation sites is 1. The maximum absolute atomic E-state index is 12.9. The van der Waals surface area contributed by atoms with Crippen LogP contribution in [0.1, 0.15) is 48.0 Å². The monoisotopic (exact) mass is 341 g/mol. The maximum atomic E-state index is 12.9. The Morgan fingerprint density at radius 2 is 2.08 bits per heavy atom. The fraction of sp³-hybridized carbons (Fsp3) is 0.421. The van der Waals surface area contributed by atoms with Crippen LogP contribution in [0.5, 0.6) is 0 Å². The lowest BCUT2D eigenvalue weighted by molar-refractivity contribution is -0.137. The van der Waals surface area contributed by atoms with E-state index in [0.717, 1.165) is 30.5 Å². The Kier molecular flexibility index (Phi) is 5.16. The van der Waals surface area contributed by atoms with Crippen LogP contribution in [-0.4, -0.2) is 44.3 Å². The van der Waals surface area contributed by atoms with Crippen LogP contribution in [0.25, 0.3) is 5.69 Å². The first kappa shape index (κ1) is 17.2. The van der Waals surface area contributed by atoms with Crippen LogP contribution in [0.2, 0.25) is 0 Å². The summed E-state index contributed by atoms with van der Waals surface area (Å²) < 4.78 is 1.72. The van der Waals surface area contributed by atoms with Crippen LogP contribution in [0, 0.1) is 6.92 Å². The molecule has 3 rings (SSSR count). The highest BCUT2D eigenvalue weighted by Gasteiger charge is 2.28. The predicted molar refractivity (Wildman–Crippen MR) is 93.8 cm³/mol. The molecule has 1 aromatic heterocycles. The zero-order valence-corrected chi connectivity index (χ0v) is 14.4. The van der Waals surface area contributed by atoms with Gasteiger partial charge in [-0.25, -0.2) is 4.68 Å². The highest BCUT2D eigenvalue weighted by atomic mass is 16.4. The number of carboxylic acid groups (broad SMARTS) is 1. The molecule has 6 nitrogen and oxygen atoms in total. The van der Waals surface area contributed by atoms with Crippen LogP contribution >= 0.6 is 0 Å². The largest absolute Gasteiger partial charge is 0.481 e. The maximum Gasteiger partial charge on any atom is 0.303 e. The standard InChI is InChI=1S/C19H23N3O3/c1-14-6-2-3-8-17(14)22-13-15(12-20-22)19(25)21-11-5-4-7-16(21)9-10-18(23)24/h2-3,6,8,12-13,16H,4-5,7,9-11H2,1H3,(H,23,24)/t16-/m1/s1. The number of rotatable bonds is 5. The van der Waals surface area contributed by atoms with E-state index in [1.54, 1.807) is 17.1 Å². The number of carbonyl (C=O) groups is 2. The third-order valence-corrected chi connectivity index (χ3v) is 4.77. The Balaban J connectivity index is 1.78. The van der Waals surface area contributed by atoms with Crippen molar-refractivity contribution in [2.45, 2.75) is 45.1 Å². The second-order valence-electron chi connectivity index (χ2n) is 6.54. The van der Waals surface area contributed by atoms with E-state index in [9.17, 15) is 9.59 Å². The number of amides is 1. The number of aliphatic carboxylic acids is 1. The van der Waals surface area contributed by atoms with Gasteiger partial charge in [0.2, 0.25) is 0 Å². The predicted octanol–water partition coefficient (Wildman–Crippen LogP) is 3.04. The van der Waals surface area contributed by atoms with Crippen LogP contribution < -0.4 is 0 Å². The van der Waals surface area contributed by atoms with Gasteiger partial charge in [-0.1, -0.05) is 18.2 Å². The van der Waals surface area contributed by atoms with E-state index in [4.69, 9.17) is 5.11 Å². The summed E-state index contributed by atoms with van der Waals surface area (Å²) in [6.45, 7) is 2.68. The van der Waals surface area contributed by atoms with Crippen molar-refractivity contribution in [3.05, 3.63) is 47.8 Å². The molecule has 1 fully saturated rings. The Morgan fingerprint density at radius 1 is 1.28 bits per heavy atom. The van der Waals surface area contributed by atoms with Gasteiger partial charge in [0.25, 0.3) is 5.91 Å². The van der Waals surface area contributed by atoms with Gasteiger partial charge >= 0.3 is 5.97 Å². The number of aromatic nitrogens is 2. The van der Waals surface area contributed by atoms with Crippen molar-refractivity contribution in [1.29, 1.82) is 0 Å². The number of nitrogens with zero attached hydrogens (tertiary/aromatic N) is 3. The second kappa shape index (κ2) is 7.51. The third-order valence-electron chi connectivity index (χ3n) is 4.77. The fourth-order valence-electron chi connectivity index (χ4n) is 3.41. The lowest BCUT2D eigenvalue weighted by Crippen LogP contribution is -2.43. The van der Waals surface area contributed by atoms with E-state index in [1.807, 2.05) is 36.1 Å². The van der Waals surface area contributed by atoms with E-state index >= 15 is 0 Å². The average molecular weight is 341 g/mol. The van der Waals surface area contributed by atoms with Crippen molar-refractivity contribution in [3.8, 4) is 5.69 Å². The Bertz CT molecular complexity index is 769. The minimum absolute atomic E-state index is 0.000776. The number of carbonyl (C=O) groups excluding carboxylic acids is 1. The van der Waals surface area contributed by atoms with Crippen LogP contribution in [0.4, 0.5) is 0 Å². The smallest absolute Gasteiger partial charge is 0.303 e. The SMILES string of the molecule is Cc1ccccc1-n1cc(C(=O)N2CCCC[C@@H]2CCC(=O)O)cn1. The molecule has 0 unspecified atom stereocenters. The molecular weight excluding hydrogens is 318 g/mol. The van der Waals surface area contributed by atoms with Crippen LogP contribution in [0.15, 0.2) is 36.7 Å². The molecule has 1 aliphatic heterocycles. The molecule has 0 spiro atoms. The summed E-state index contributed by atoms with van der Waals surface area (Å²) in [5, 5.41) is 13.3. The first-order valence-corrected chi connectivity index (χ1v) is 8.69. The van der Waals surface area contributed by atoms with Crippen molar-refractivity contribution >= 4 is 11.9 Å². The van der Waals surface area contributed by atoms with Gasteiger partial charge in [-0.05, 0) is 44.2 Å². The molecule has 132 valence electrons. The zero-order valence-electron chi connectivity index (χ0n) is 14.4. The first-order valence-electron chi connectivity index (χ1n) is 8.69. The molecule has 6 heteroatoms. The Labute approximate surface area is 147 Å². The topological polar surface area (TPSA) is 75.4 Å². The van der Waals surface area contributed by atoms with Gasteiger partial charge in [-0.2, -0.15) is 5.10 Å². The quantitative estimate of drug-likeness (QED) is 0.907. The molecule has 1 atom stereocenters. The molecule has 2 heterocycles. The first-order chi connectivity index (χ1) is 12.1. The zero-order chi connectivity index (χ0) is 17.8. The molecular formula is C19H23N3O3. The van der Waals surface area contributed by atoms with E-state index in [-0.39, 0.29) is 18.4 Å². The number of hydrogen-bond donors (Lipinski definition) is 1. The highest BCUT2D eigenvalue weighted by molar-refractivity contribution is 5.94. The van der Waals surface area contributed by atoms with Crippen molar-refractivity contribution in [2.24, 2.45) is 0 Å². The van der Waals surface area contributed by atoms with Gasteiger partial charge in [0, 0.05) is 25.2 Å². The number of benzene rings is 1. The lowest BCUT2D eigenvalue weighted by Gasteiger charge is -2.35. The average Bonchev–Trinajstić information content (AvgIpc) is 3.10. The molecule has 1 N–H and O–H groups in total. The molecule has 1 amide bonds. The molecule has 0 bridgehead atoms. The van der Waals surface area contributed by atoms with Crippen molar-refractivity contribution < 1.29 is 14.7 Å². The molecule has 2 aromatic rings. The number of aryl methyl sites for hydroxylation is 1. The number of hydrogen-bond acceptors (Lipinski definition) is 3. The summed E-state index contributed by atoms with van der Waals surface area (Å²) in [7, 11) is 0. The lowest BCUT2D eigenvalue weighted by atomic mass is 9.97. The van der Waals surface area contributed by atoms with E-state index < -0.39 is 5.97 Å². The number of carboxylic acids is 1. The molecule has 0 saturated carbocycles. The summed E-state index contributed by atoms with van der Waals surface area (Å²) >= 11 is 0. The van der Waals surface area contributed by atoms with E-state index in [2.05, 4.69) is 5.10 Å². The summed E-state index contributed by atoms with van der Waals surface area (Å²) in [6, 6.07) is 7.88. The van der Waals surface area contributed by atoms with Gasteiger partial charge in [-0.3, -0.25) is 9.59 Å². The molecule has 1 aromatic carbocycles. The van der Waals surface area contributed by atoms with Crippen LogP contribution in [0.3, 0.4) is 0 Å². The summed E-state index contributed by atoms with van der Waals surface area (Å²) in [5.41, 5.74) is 2.58. The molecule has 0 aliphatic carbocycles. The van der Waals surface area contributed by atoms with Crippen molar-refractivity contribution in [1.82, 2.24) is 14.7 Å². The van der Waals surface area contributed by atoms with Gasteiger partial charge < -0.3 is 10.0 Å². The minimum Gasteiger partial charge on any atom is -0.481 e. The highest BCUT2D eigenvalue weighted by Crippen LogP contribution is 2.23. The molecule has 25 heavy (non-hydrogen) atoms. The Hall–Kier alpha value is -2.63. The minimum atomic E-state index is -0.814. The van der Waals surface area contributed by atoms with Crippen molar-refractivity contribution in [2.75, 3.05) is 6.54 Å². The van der Waals surface area contributed by atoms with E-state index in [0.29, 0.717) is 18.5 Å². The van der Waals surface area contributed by atoms with Gasteiger partial charge in [0.1, 0.15) is 0 Å². The summed E-state index contributed by atoms with van der Waals surface area (Å²) in [5.74, 6) is -0.875. The van der Waals surface area contributed by atoms with Crippen LogP contribution in [-0.2, 0) is 4.79 Å². The number of likely N-dealkylation sites (tertiary alicyclic amines) is 1. The normalized spacial score (nSPS) is 17.5.